The molecule has 0 aromatic rings. The van der Waals surface area contributed by atoms with E-state index in [4.69, 9.17) is 4.74 Å². The maximum absolute atomic E-state index is 11.5. The fourth-order valence-electron chi connectivity index (χ4n) is 1.94. The molecule has 0 heterocycles. The molecular weight excluding hydrogens is 270 g/mol. The second kappa shape index (κ2) is 5.89. The second-order valence-electron chi connectivity index (χ2n) is 5.52. The van der Waals surface area contributed by atoms with Gasteiger partial charge in [-0.3, -0.25) is 0 Å². The quantitative estimate of drug-likeness (QED) is 0.791. The van der Waals surface area contributed by atoms with Crippen molar-refractivity contribution in [2.45, 2.75) is 58.1 Å². The highest BCUT2D eigenvalue weighted by atomic mass is 79.9. The molecule has 1 fully saturated rings. The topological polar surface area (TPSA) is 38.3 Å². The Morgan fingerprint density at radius 3 is 2.31 bits per heavy atom. The molecule has 0 aromatic carbocycles. The average molecular weight is 292 g/mol. The molecule has 1 N–H and O–H groups in total. The van der Waals surface area contributed by atoms with Gasteiger partial charge in [-0.05, 0) is 52.4 Å². The molecule has 0 bridgehead atoms. The van der Waals surface area contributed by atoms with Gasteiger partial charge in [-0.15, -0.1) is 0 Å². The Balaban J connectivity index is 2.26. The van der Waals surface area contributed by atoms with Crippen molar-refractivity contribution in [1.82, 2.24) is 5.32 Å². The minimum Gasteiger partial charge on any atom is -0.444 e. The molecule has 1 amide bonds. The highest BCUT2D eigenvalue weighted by Crippen LogP contribution is 2.25. The minimum absolute atomic E-state index is 0.283. The van der Waals surface area contributed by atoms with Gasteiger partial charge in [0.2, 0.25) is 0 Å². The lowest BCUT2D eigenvalue weighted by Gasteiger charge is -2.29. The van der Waals surface area contributed by atoms with Crippen molar-refractivity contribution in [3.63, 3.8) is 0 Å². The summed E-state index contributed by atoms with van der Waals surface area (Å²) in [5, 5.41) is 4.02. The maximum atomic E-state index is 11.5. The van der Waals surface area contributed by atoms with Crippen LogP contribution in [0.1, 0.15) is 46.5 Å². The summed E-state index contributed by atoms with van der Waals surface area (Å²) in [7, 11) is 0. The number of halogens is 1. The van der Waals surface area contributed by atoms with Gasteiger partial charge >= 0.3 is 6.09 Å². The first-order chi connectivity index (χ1) is 7.40. The summed E-state index contributed by atoms with van der Waals surface area (Å²) in [6.45, 7) is 5.65. The summed E-state index contributed by atoms with van der Waals surface area (Å²) in [6, 6.07) is 0.296. The van der Waals surface area contributed by atoms with Crippen molar-refractivity contribution in [3.05, 3.63) is 0 Å². The number of rotatable bonds is 2. The molecule has 0 atom stereocenters. The Kier molecular flexibility index (Phi) is 5.09. The number of amides is 1. The van der Waals surface area contributed by atoms with E-state index in [-0.39, 0.29) is 6.09 Å². The number of ether oxygens (including phenoxy) is 1. The molecule has 1 rings (SSSR count). The number of hydrogen-bond donors (Lipinski definition) is 1. The van der Waals surface area contributed by atoms with Crippen molar-refractivity contribution in [3.8, 4) is 0 Å². The summed E-state index contributed by atoms with van der Waals surface area (Å²) in [4.78, 5) is 11.5. The normalized spacial score (nSPS) is 26.2. The number of nitrogens with one attached hydrogen (secondary N) is 1. The second-order valence-corrected chi connectivity index (χ2v) is 6.17. The van der Waals surface area contributed by atoms with Gasteiger partial charge in [0, 0.05) is 11.4 Å². The van der Waals surface area contributed by atoms with Crippen LogP contribution >= 0.6 is 15.9 Å². The summed E-state index contributed by atoms with van der Waals surface area (Å²) in [5.41, 5.74) is -0.406. The molecule has 1 saturated carbocycles. The molecule has 16 heavy (non-hydrogen) atoms. The van der Waals surface area contributed by atoms with Crippen LogP contribution in [0.5, 0.6) is 0 Å². The van der Waals surface area contributed by atoms with Crippen molar-refractivity contribution in [2.75, 3.05) is 5.33 Å². The Bertz CT molecular complexity index is 230. The average Bonchev–Trinajstić information content (AvgIpc) is 2.16. The van der Waals surface area contributed by atoms with Crippen LogP contribution < -0.4 is 5.32 Å². The lowest BCUT2D eigenvalue weighted by Crippen LogP contribution is -2.41. The summed E-state index contributed by atoms with van der Waals surface area (Å²) < 4.78 is 5.23. The van der Waals surface area contributed by atoms with E-state index < -0.39 is 5.60 Å². The molecule has 1 aliphatic carbocycles. The first kappa shape index (κ1) is 13.8. The van der Waals surface area contributed by atoms with E-state index >= 15 is 0 Å². The van der Waals surface area contributed by atoms with Gasteiger partial charge in [-0.2, -0.15) is 0 Å². The lowest BCUT2D eigenvalue weighted by atomic mass is 9.87. The molecule has 0 radical (unpaired) electrons. The standard InChI is InChI=1S/C12H22BrNO2/c1-12(2,3)16-11(15)14-10-6-4-9(8-13)5-7-10/h9-10H,4-8H2,1-3H3,(H,14,15). The van der Waals surface area contributed by atoms with Crippen LogP contribution in [0.25, 0.3) is 0 Å². The predicted octanol–water partition coefficient (Wildman–Crippen LogP) is 3.46. The van der Waals surface area contributed by atoms with Crippen molar-refractivity contribution >= 4 is 22.0 Å². The number of carbonyl (C=O) groups is 1. The number of hydrogen-bond acceptors (Lipinski definition) is 2. The van der Waals surface area contributed by atoms with Gasteiger partial charge in [-0.1, -0.05) is 15.9 Å². The Morgan fingerprint density at radius 2 is 1.88 bits per heavy atom. The third-order valence-corrected chi connectivity index (χ3v) is 3.70. The van der Waals surface area contributed by atoms with E-state index in [1.807, 2.05) is 20.8 Å². The van der Waals surface area contributed by atoms with Gasteiger partial charge < -0.3 is 10.1 Å². The molecule has 94 valence electrons. The number of carbonyl (C=O) groups excluding carboxylic acids is 1. The van der Waals surface area contributed by atoms with Crippen LogP contribution in [-0.4, -0.2) is 23.1 Å². The van der Waals surface area contributed by atoms with E-state index in [0.29, 0.717) is 6.04 Å². The van der Waals surface area contributed by atoms with Crippen molar-refractivity contribution in [2.24, 2.45) is 5.92 Å². The predicted molar refractivity (Wildman–Crippen MR) is 68.9 cm³/mol. The van der Waals surface area contributed by atoms with Crippen LogP contribution in [-0.2, 0) is 4.74 Å². The maximum Gasteiger partial charge on any atom is 0.407 e. The van der Waals surface area contributed by atoms with E-state index in [1.54, 1.807) is 0 Å². The molecule has 0 aromatic heterocycles. The van der Waals surface area contributed by atoms with E-state index in [1.165, 1.54) is 12.8 Å². The SMILES string of the molecule is CC(C)(C)OC(=O)NC1CCC(CBr)CC1. The van der Waals surface area contributed by atoms with Crippen molar-refractivity contribution < 1.29 is 9.53 Å². The zero-order valence-corrected chi connectivity index (χ0v) is 12.0. The fraction of sp³-hybridized carbons (Fsp3) is 0.917. The van der Waals surface area contributed by atoms with E-state index in [9.17, 15) is 4.79 Å². The van der Waals surface area contributed by atoms with Gasteiger partial charge in [0.1, 0.15) is 5.60 Å². The first-order valence-corrected chi connectivity index (χ1v) is 7.08. The van der Waals surface area contributed by atoms with E-state index in [0.717, 1.165) is 24.1 Å². The largest absolute Gasteiger partial charge is 0.444 e. The zero-order valence-electron chi connectivity index (χ0n) is 10.4. The van der Waals surface area contributed by atoms with Gasteiger partial charge in [0.05, 0.1) is 0 Å². The summed E-state index contributed by atoms with van der Waals surface area (Å²) in [5.74, 6) is 0.775. The Morgan fingerprint density at radius 1 is 1.31 bits per heavy atom. The van der Waals surface area contributed by atoms with Gasteiger partial charge in [0.15, 0.2) is 0 Å². The molecular formula is C12H22BrNO2. The monoisotopic (exact) mass is 291 g/mol. The van der Waals surface area contributed by atoms with Gasteiger partial charge in [-0.25, -0.2) is 4.79 Å². The van der Waals surface area contributed by atoms with Crippen LogP contribution in [0.4, 0.5) is 4.79 Å². The third-order valence-electron chi connectivity index (χ3n) is 2.79. The van der Waals surface area contributed by atoms with Crippen LogP contribution in [0.3, 0.4) is 0 Å². The summed E-state index contributed by atoms with van der Waals surface area (Å²) >= 11 is 3.51. The third kappa shape index (κ3) is 5.19. The molecule has 4 heteroatoms. The molecule has 0 aliphatic heterocycles. The van der Waals surface area contributed by atoms with Gasteiger partial charge in [0.25, 0.3) is 0 Å². The minimum atomic E-state index is -0.406. The number of alkyl carbamates (subject to hydrolysis) is 1. The highest BCUT2D eigenvalue weighted by Gasteiger charge is 2.23. The van der Waals surface area contributed by atoms with Crippen LogP contribution in [0, 0.1) is 5.92 Å². The Hall–Kier alpha value is -0.250. The fourth-order valence-corrected chi connectivity index (χ4v) is 2.58. The first-order valence-electron chi connectivity index (χ1n) is 5.96. The van der Waals surface area contributed by atoms with Crippen molar-refractivity contribution in [1.29, 1.82) is 0 Å². The lowest BCUT2D eigenvalue weighted by molar-refractivity contribution is 0.0489. The molecule has 0 saturated heterocycles. The Labute approximate surface area is 106 Å². The smallest absolute Gasteiger partial charge is 0.407 e. The van der Waals surface area contributed by atoms with Crippen LogP contribution in [0.2, 0.25) is 0 Å². The summed E-state index contributed by atoms with van der Waals surface area (Å²) in [6.07, 6.45) is 4.22. The molecule has 3 nitrogen and oxygen atoms in total. The molecule has 0 spiro atoms. The highest BCUT2D eigenvalue weighted by molar-refractivity contribution is 9.09. The number of alkyl halides is 1. The molecule has 0 unspecified atom stereocenters. The zero-order chi connectivity index (χ0) is 12.2. The molecule has 1 aliphatic rings. The van der Waals surface area contributed by atoms with E-state index in [2.05, 4.69) is 21.2 Å². The van der Waals surface area contributed by atoms with Crippen LogP contribution in [0.15, 0.2) is 0 Å².